The minimum absolute atomic E-state index is 0.0855. The number of carbonyl (C=O) groups is 3. The first-order valence-electron chi connectivity index (χ1n) is 21.6. The quantitative estimate of drug-likeness (QED) is 0.0375. The van der Waals surface area contributed by atoms with Crippen LogP contribution >= 0.6 is 0 Å². The molecule has 19 heteroatoms. The molecule has 3 rings (SSSR count). The lowest BCUT2D eigenvalue weighted by Crippen LogP contribution is -2.67. The lowest BCUT2D eigenvalue weighted by atomic mass is 9.96. The molecule has 350 valence electrons. The van der Waals surface area contributed by atoms with Gasteiger partial charge in [-0.1, -0.05) is 64.7 Å². The van der Waals surface area contributed by atoms with Crippen LogP contribution in [-0.2, 0) is 52.3 Å². The molecule has 0 radical (unpaired) electrons. The molecule has 18 atom stereocenters. The molecule has 0 spiro atoms. The predicted octanol–water partition coefficient (Wildman–Crippen LogP) is 0.624. The van der Waals surface area contributed by atoms with Crippen LogP contribution in [0.2, 0.25) is 0 Å². The fraction of sp³-hybridized carbons (Fsp3) is 0.927. The highest BCUT2D eigenvalue weighted by Crippen LogP contribution is 2.35. The Kier molecular flexibility index (Phi) is 22.5. The third kappa shape index (κ3) is 15.6. The summed E-state index contributed by atoms with van der Waals surface area (Å²) in [5, 5.41) is 84.9. The molecular weight excluding hydrogens is 796 g/mol. The van der Waals surface area contributed by atoms with Crippen LogP contribution < -0.4 is 0 Å². The van der Waals surface area contributed by atoms with Gasteiger partial charge in [-0.2, -0.15) is 0 Å². The van der Waals surface area contributed by atoms with Gasteiger partial charge in [-0.15, -0.1) is 0 Å². The largest absolute Gasteiger partial charge is 0.463 e. The van der Waals surface area contributed by atoms with Gasteiger partial charge in [0, 0.05) is 13.3 Å². The molecule has 0 aromatic rings. The van der Waals surface area contributed by atoms with Crippen LogP contribution in [0.4, 0.5) is 0 Å². The van der Waals surface area contributed by atoms with E-state index in [9.17, 15) is 55.2 Å². The van der Waals surface area contributed by atoms with Gasteiger partial charge in [0.2, 0.25) is 0 Å². The summed E-state index contributed by atoms with van der Waals surface area (Å²) in [6.45, 7) is 8.40. The Morgan fingerprint density at radius 2 is 1.20 bits per heavy atom. The van der Waals surface area contributed by atoms with Crippen molar-refractivity contribution in [1.82, 2.24) is 0 Å². The second-order valence-corrected chi connectivity index (χ2v) is 16.5. The predicted molar refractivity (Wildman–Crippen MR) is 208 cm³/mol. The summed E-state index contributed by atoms with van der Waals surface area (Å²) in [4.78, 5) is 38.2. The van der Waals surface area contributed by atoms with Crippen molar-refractivity contribution in [3.8, 4) is 0 Å². The molecule has 0 bridgehead atoms. The summed E-state index contributed by atoms with van der Waals surface area (Å²) >= 11 is 0. The van der Waals surface area contributed by atoms with Crippen molar-refractivity contribution < 1.29 is 93.1 Å². The first kappa shape index (κ1) is 52.2. The van der Waals surface area contributed by atoms with Crippen molar-refractivity contribution in [2.24, 2.45) is 5.92 Å². The topological polar surface area (TPSA) is 287 Å². The Morgan fingerprint density at radius 3 is 1.82 bits per heavy atom. The van der Waals surface area contributed by atoms with E-state index in [1.54, 1.807) is 0 Å². The SMILES string of the molecule is CCCCC[C@H](O)CCCCCCCCCC(=O)O[C@H]1[C@H](O[C@@H]2[C@@H](O)[C@H](O)[C@@H](COC(C)=O)O[C@H]2O)O[C@@H](C)[C@H](OC(=O)[C@H](C)[C@@H](C)O)[C@H]1O[C@@H]1O[C@@H](C)[C@H](O)[C@@H](O)[C@H]1O. The van der Waals surface area contributed by atoms with Gasteiger partial charge in [0.1, 0.15) is 55.4 Å². The Balaban J connectivity index is 1.81. The van der Waals surface area contributed by atoms with E-state index in [-0.39, 0.29) is 12.5 Å². The Hall–Kier alpha value is -2.11. The molecule has 0 aromatic heterocycles. The van der Waals surface area contributed by atoms with E-state index < -0.39 is 129 Å². The number of carbonyl (C=O) groups excluding carboxylic acids is 3. The maximum absolute atomic E-state index is 13.6. The maximum atomic E-state index is 13.6. The summed E-state index contributed by atoms with van der Waals surface area (Å²) in [7, 11) is 0. The lowest BCUT2D eigenvalue weighted by Gasteiger charge is -2.49. The van der Waals surface area contributed by atoms with Gasteiger partial charge in [-0.25, -0.2) is 0 Å². The second kappa shape index (κ2) is 25.9. The first-order valence-corrected chi connectivity index (χ1v) is 21.6. The number of ether oxygens (including phenoxy) is 8. The fourth-order valence-corrected chi connectivity index (χ4v) is 7.32. The molecule has 3 fully saturated rings. The molecule has 60 heavy (non-hydrogen) atoms. The Bertz CT molecular complexity index is 1270. The average molecular weight is 869 g/mol. The van der Waals surface area contributed by atoms with Crippen LogP contribution in [0.25, 0.3) is 0 Å². The molecule has 0 aliphatic carbocycles. The van der Waals surface area contributed by atoms with E-state index in [0.717, 1.165) is 71.1 Å². The highest BCUT2D eigenvalue weighted by atomic mass is 16.8. The van der Waals surface area contributed by atoms with Crippen molar-refractivity contribution in [1.29, 1.82) is 0 Å². The Labute approximate surface area is 352 Å². The second-order valence-electron chi connectivity index (χ2n) is 16.5. The lowest BCUT2D eigenvalue weighted by molar-refractivity contribution is -0.379. The summed E-state index contributed by atoms with van der Waals surface area (Å²) in [6.07, 6.45) is -15.1. The third-order valence-electron chi connectivity index (χ3n) is 11.4. The number of aliphatic hydroxyl groups is 8. The van der Waals surface area contributed by atoms with E-state index >= 15 is 0 Å². The van der Waals surface area contributed by atoms with Crippen LogP contribution in [0.3, 0.4) is 0 Å². The highest BCUT2D eigenvalue weighted by molar-refractivity contribution is 5.73. The number of aliphatic hydroxyl groups excluding tert-OH is 8. The van der Waals surface area contributed by atoms with Gasteiger partial charge < -0.3 is 78.7 Å². The van der Waals surface area contributed by atoms with Gasteiger partial charge in [0.25, 0.3) is 0 Å². The van der Waals surface area contributed by atoms with E-state index in [4.69, 9.17) is 37.9 Å². The average Bonchev–Trinajstić information content (AvgIpc) is 3.19. The van der Waals surface area contributed by atoms with Crippen LogP contribution in [0.15, 0.2) is 0 Å². The van der Waals surface area contributed by atoms with Crippen LogP contribution in [-0.4, -0.2) is 170 Å². The molecule has 0 aromatic carbocycles. The number of hydrogen-bond acceptors (Lipinski definition) is 19. The zero-order valence-corrected chi connectivity index (χ0v) is 35.9. The summed E-state index contributed by atoms with van der Waals surface area (Å²) in [5.41, 5.74) is 0. The zero-order chi connectivity index (χ0) is 44.7. The summed E-state index contributed by atoms with van der Waals surface area (Å²) < 4.78 is 45.9. The zero-order valence-electron chi connectivity index (χ0n) is 35.9. The van der Waals surface area contributed by atoms with Crippen LogP contribution in [0.5, 0.6) is 0 Å². The molecule has 0 saturated carbocycles. The van der Waals surface area contributed by atoms with Gasteiger partial charge >= 0.3 is 17.9 Å². The molecule has 3 saturated heterocycles. The van der Waals surface area contributed by atoms with Gasteiger partial charge in [0.05, 0.1) is 30.3 Å². The van der Waals surface area contributed by atoms with Crippen molar-refractivity contribution in [3.05, 3.63) is 0 Å². The van der Waals surface area contributed by atoms with Crippen molar-refractivity contribution >= 4 is 17.9 Å². The fourth-order valence-electron chi connectivity index (χ4n) is 7.32. The molecule has 8 N–H and O–H groups in total. The number of rotatable bonds is 24. The van der Waals surface area contributed by atoms with E-state index in [2.05, 4.69) is 6.92 Å². The van der Waals surface area contributed by atoms with Gasteiger partial charge in [-0.3, -0.25) is 14.4 Å². The third-order valence-corrected chi connectivity index (χ3v) is 11.4. The molecule has 3 heterocycles. The number of unbranched alkanes of at least 4 members (excludes halogenated alkanes) is 8. The molecule has 0 amide bonds. The minimum atomic E-state index is -1.95. The number of esters is 3. The van der Waals surface area contributed by atoms with Gasteiger partial charge in [-0.05, 0) is 47.0 Å². The van der Waals surface area contributed by atoms with Crippen LogP contribution in [0.1, 0.15) is 125 Å². The molecule has 3 aliphatic heterocycles. The summed E-state index contributed by atoms with van der Waals surface area (Å²) in [6, 6.07) is 0. The van der Waals surface area contributed by atoms with Gasteiger partial charge in [0.15, 0.2) is 31.1 Å². The first-order chi connectivity index (χ1) is 28.4. The standard InChI is InChI=1S/C41H72O19/c1-7-8-14-17-26(44)18-15-12-10-9-11-13-16-19-28(45)57-37-36(60-40-33(50)31(48)29(46)23(4)54-40)34(58-38(51)21(2)22(3)42)24(5)55-41(37)59-35-32(49)30(47)27(56-39(35)52)20-53-25(6)43/h21-24,26-27,29-37,39-42,44,46-50,52H,7-20H2,1-6H3/t21-,22-,23+,24+,26+,27-,29+,30-,31-,32+,33-,34+,35-,36-,37-,39-,40+,41+/m1/s1. The minimum Gasteiger partial charge on any atom is -0.463 e. The monoisotopic (exact) mass is 868 g/mol. The summed E-state index contributed by atoms with van der Waals surface area (Å²) in [5.74, 6) is -3.41. The van der Waals surface area contributed by atoms with E-state index in [1.165, 1.54) is 27.7 Å². The molecular formula is C41H72O19. The molecule has 0 unspecified atom stereocenters. The molecule has 3 aliphatic rings. The van der Waals surface area contributed by atoms with E-state index in [0.29, 0.717) is 12.8 Å². The van der Waals surface area contributed by atoms with Crippen LogP contribution in [0, 0.1) is 5.92 Å². The van der Waals surface area contributed by atoms with Crippen molar-refractivity contribution in [2.75, 3.05) is 6.61 Å². The van der Waals surface area contributed by atoms with Crippen molar-refractivity contribution in [2.45, 2.75) is 229 Å². The Morgan fingerprint density at radius 1 is 0.617 bits per heavy atom. The normalized spacial score (nSPS) is 36.2. The maximum Gasteiger partial charge on any atom is 0.311 e. The van der Waals surface area contributed by atoms with E-state index in [1.807, 2.05) is 0 Å². The number of hydrogen-bond donors (Lipinski definition) is 8. The molecule has 19 nitrogen and oxygen atoms in total. The highest BCUT2D eigenvalue weighted by Gasteiger charge is 2.56. The van der Waals surface area contributed by atoms with Crippen molar-refractivity contribution in [3.63, 3.8) is 0 Å². The smallest absolute Gasteiger partial charge is 0.311 e.